The van der Waals surface area contributed by atoms with Crippen LogP contribution in [0.4, 0.5) is 0 Å². The maximum absolute atomic E-state index is 5.50. The van der Waals surface area contributed by atoms with Crippen LogP contribution in [0.25, 0.3) is 0 Å². The van der Waals surface area contributed by atoms with Crippen molar-refractivity contribution >= 4 is 11.8 Å². The van der Waals surface area contributed by atoms with Crippen LogP contribution >= 0.6 is 11.8 Å². The van der Waals surface area contributed by atoms with Gasteiger partial charge in [0.05, 0.1) is 6.10 Å². The molecule has 1 aromatic carbocycles. The second kappa shape index (κ2) is 7.32. The Bertz CT molecular complexity index is 379. The third kappa shape index (κ3) is 4.23. The highest BCUT2D eigenvalue weighted by Gasteiger charge is 2.22. The first-order valence-corrected chi connectivity index (χ1v) is 8.38. The molecule has 0 amide bonds. The van der Waals surface area contributed by atoms with E-state index >= 15 is 0 Å². The van der Waals surface area contributed by atoms with Crippen LogP contribution < -0.4 is 5.32 Å². The maximum atomic E-state index is 5.50. The molecule has 1 aliphatic carbocycles. The van der Waals surface area contributed by atoms with E-state index in [1.54, 1.807) is 11.8 Å². The van der Waals surface area contributed by atoms with Crippen molar-refractivity contribution in [3.63, 3.8) is 0 Å². The first-order valence-electron chi connectivity index (χ1n) is 7.15. The zero-order chi connectivity index (χ0) is 13.7. The Hall–Kier alpha value is -0.510. The van der Waals surface area contributed by atoms with E-state index in [2.05, 4.69) is 42.8 Å². The molecule has 0 heterocycles. The Morgan fingerprint density at radius 2 is 2.00 bits per heavy atom. The van der Waals surface area contributed by atoms with Crippen molar-refractivity contribution in [2.24, 2.45) is 0 Å². The van der Waals surface area contributed by atoms with Gasteiger partial charge in [-0.15, -0.1) is 11.8 Å². The Kier molecular flexibility index (Phi) is 5.74. The van der Waals surface area contributed by atoms with E-state index in [1.807, 2.05) is 7.11 Å². The molecule has 1 fully saturated rings. The van der Waals surface area contributed by atoms with Gasteiger partial charge in [0.2, 0.25) is 0 Å². The molecule has 1 aromatic rings. The van der Waals surface area contributed by atoms with Gasteiger partial charge in [-0.2, -0.15) is 0 Å². The summed E-state index contributed by atoms with van der Waals surface area (Å²) in [5.41, 5.74) is 1.37. The summed E-state index contributed by atoms with van der Waals surface area (Å²) < 4.78 is 5.50. The van der Waals surface area contributed by atoms with Crippen LogP contribution in [0.3, 0.4) is 0 Å². The second-order valence-corrected chi connectivity index (χ2v) is 6.26. The van der Waals surface area contributed by atoms with Crippen molar-refractivity contribution in [2.75, 3.05) is 13.4 Å². The number of benzene rings is 1. The molecule has 0 aliphatic heterocycles. The standard InChI is InChI=1S/C16H25NOS/c1-12(13-7-9-16(19-3)10-8-13)17-14-5-4-6-15(11-14)18-2/h7-10,12,14-15,17H,4-6,11H2,1-3H3. The fourth-order valence-corrected chi connectivity index (χ4v) is 3.26. The molecule has 0 radical (unpaired) electrons. The van der Waals surface area contributed by atoms with Gasteiger partial charge < -0.3 is 10.1 Å². The fraction of sp³-hybridized carbons (Fsp3) is 0.625. The number of rotatable bonds is 5. The SMILES string of the molecule is COC1CCCC(NC(C)c2ccc(SC)cc2)C1. The Morgan fingerprint density at radius 1 is 1.26 bits per heavy atom. The minimum Gasteiger partial charge on any atom is -0.381 e. The van der Waals surface area contributed by atoms with Crippen molar-refractivity contribution < 1.29 is 4.74 Å². The molecule has 19 heavy (non-hydrogen) atoms. The van der Waals surface area contributed by atoms with E-state index in [-0.39, 0.29) is 0 Å². The lowest BCUT2D eigenvalue weighted by atomic mass is 9.92. The van der Waals surface area contributed by atoms with Crippen molar-refractivity contribution in [1.29, 1.82) is 0 Å². The van der Waals surface area contributed by atoms with E-state index in [0.29, 0.717) is 18.2 Å². The van der Waals surface area contributed by atoms with Gasteiger partial charge in [-0.3, -0.25) is 0 Å². The van der Waals surface area contributed by atoms with Crippen LogP contribution in [-0.2, 0) is 4.74 Å². The molecule has 0 saturated heterocycles. The van der Waals surface area contributed by atoms with Gasteiger partial charge in [0.15, 0.2) is 0 Å². The van der Waals surface area contributed by atoms with Crippen LogP contribution in [-0.4, -0.2) is 25.5 Å². The number of ether oxygens (including phenoxy) is 1. The Labute approximate surface area is 121 Å². The van der Waals surface area contributed by atoms with Gasteiger partial charge in [0.1, 0.15) is 0 Å². The maximum Gasteiger partial charge on any atom is 0.0586 e. The van der Waals surface area contributed by atoms with Crippen molar-refractivity contribution in [1.82, 2.24) is 5.32 Å². The summed E-state index contributed by atoms with van der Waals surface area (Å²) in [5, 5.41) is 3.75. The summed E-state index contributed by atoms with van der Waals surface area (Å²) in [6.07, 6.45) is 7.46. The molecule has 2 rings (SSSR count). The van der Waals surface area contributed by atoms with E-state index in [4.69, 9.17) is 4.74 Å². The van der Waals surface area contributed by atoms with E-state index in [0.717, 1.165) is 6.42 Å². The fourth-order valence-electron chi connectivity index (χ4n) is 2.85. The van der Waals surface area contributed by atoms with E-state index in [9.17, 15) is 0 Å². The van der Waals surface area contributed by atoms with Crippen molar-refractivity contribution in [2.45, 2.75) is 55.7 Å². The zero-order valence-electron chi connectivity index (χ0n) is 12.2. The summed E-state index contributed by atoms with van der Waals surface area (Å²) in [7, 11) is 1.83. The van der Waals surface area contributed by atoms with Gasteiger partial charge in [0.25, 0.3) is 0 Å². The predicted molar refractivity (Wildman–Crippen MR) is 82.8 cm³/mol. The number of hydrogen-bond donors (Lipinski definition) is 1. The summed E-state index contributed by atoms with van der Waals surface area (Å²) in [4.78, 5) is 1.33. The third-order valence-electron chi connectivity index (χ3n) is 4.06. The third-order valence-corrected chi connectivity index (χ3v) is 4.80. The molecule has 3 heteroatoms. The first kappa shape index (κ1) is 14.9. The zero-order valence-corrected chi connectivity index (χ0v) is 13.0. The topological polar surface area (TPSA) is 21.3 Å². The van der Waals surface area contributed by atoms with Gasteiger partial charge >= 0.3 is 0 Å². The molecule has 1 aliphatic rings. The van der Waals surface area contributed by atoms with Crippen LogP contribution in [0.5, 0.6) is 0 Å². The highest BCUT2D eigenvalue weighted by Crippen LogP contribution is 2.24. The van der Waals surface area contributed by atoms with Gasteiger partial charge in [-0.1, -0.05) is 12.1 Å². The molecule has 106 valence electrons. The second-order valence-electron chi connectivity index (χ2n) is 5.38. The molecule has 1 saturated carbocycles. The quantitative estimate of drug-likeness (QED) is 0.823. The van der Waals surface area contributed by atoms with E-state index in [1.165, 1.54) is 29.7 Å². The van der Waals surface area contributed by atoms with Crippen LogP contribution in [0.2, 0.25) is 0 Å². The number of methoxy groups -OCH3 is 1. The minimum absolute atomic E-state index is 0.413. The van der Waals surface area contributed by atoms with Crippen LogP contribution in [0.1, 0.15) is 44.2 Å². The molecule has 3 unspecified atom stereocenters. The van der Waals surface area contributed by atoms with E-state index < -0.39 is 0 Å². The molecular formula is C16H25NOS. The molecule has 0 spiro atoms. The Morgan fingerprint density at radius 3 is 2.63 bits per heavy atom. The monoisotopic (exact) mass is 279 g/mol. The predicted octanol–water partition coefficient (Wildman–Crippen LogP) is 4.02. The number of hydrogen-bond acceptors (Lipinski definition) is 3. The lowest BCUT2D eigenvalue weighted by Gasteiger charge is -2.31. The highest BCUT2D eigenvalue weighted by molar-refractivity contribution is 7.98. The average molecular weight is 279 g/mol. The van der Waals surface area contributed by atoms with Crippen molar-refractivity contribution in [3.05, 3.63) is 29.8 Å². The number of thioether (sulfide) groups is 1. The number of nitrogens with one attached hydrogen (secondary N) is 1. The molecule has 0 bridgehead atoms. The molecule has 3 atom stereocenters. The largest absolute Gasteiger partial charge is 0.381 e. The van der Waals surface area contributed by atoms with Gasteiger partial charge in [0, 0.05) is 24.1 Å². The lowest BCUT2D eigenvalue weighted by molar-refractivity contribution is 0.0572. The van der Waals surface area contributed by atoms with Gasteiger partial charge in [-0.25, -0.2) is 0 Å². The first-order chi connectivity index (χ1) is 9.22. The van der Waals surface area contributed by atoms with Gasteiger partial charge in [-0.05, 0) is 56.6 Å². The summed E-state index contributed by atoms with van der Waals surface area (Å²) in [6.45, 7) is 2.25. The minimum atomic E-state index is 0.413. The average Bonchev–Trinajstić information content (AvgIpc) is 2.47. The summed E-state index contributed by atoms with van der Waals surface area (Å²) in [5.74, 6) is 0. The van der Waals surface area contributed by atoms with Crippen molar-refractivity contribution in [3.8, 4) is 0 Å². The molecular weight excluding hydrogens is 254 g/mol. The molecule has 1 N–H and O–H groups in total. The molecule has 2 nitrogen and oxygen atoms in total. The highest BCUT2D eigenvalue weighted by atomic mass is 32.2. The Balaban J connectivity index is 1.90. The lowest BCUT2D eigenvalue weighted by Crippen LogP contribution is -2.38. The van der Waals surface area contributed by atoms with Crippen LogP contribution in [0, 0.1) is 0 Å². The smallest absolute Gasteiger partial charge is 0.0586 e. The van der Waals surface area contributed by atoms with Crippen LogP contribution in [0.15, 0.2) is 29.2 Å². The summed E-state index contributed by atoms with van der Waals surface area (Å²) >= 11 is 1.79. The summed E-state index contributed by atoms with van der Waals surface area (Å²) in [6, 6.07) is 9.89. The normalized spacial score (nSPS) is 25.2. The molecule has 0 aromatic heterocycles.